The number of fused-ring (bicyclic) bond motifs is 3. The Morgan fingerprint density at radius 2 is 1.48 bits per heavy atom. The first-order valence-electron chi connectivity index (χ1n) is 9.45. The first-order chi connectivity index (χ1) is 14.9. The lowest BCUT2D eigenvalue weighted by Crippen LogP contribution is -2.43. The molecule has 31 heavy (non-hydrogen) atoms. The summed E-state index contributed by atoms with van der Waals surface area (Å²) >= 11 is 0. The van der Waals surface area contributed by atoms with Crippen molar-refractivity contribution in [2.24, 2.45) is 5.73 Å². The summed E-state index contributed by atoms with van der Waals surface area (Å²) in [6, 6.07) is 13.6. The Morgan fingerprint density at radius 1 is 0.935 bits per heavy atom. The van der Waals surface area contributed by atoms with Crippen molar-refractivity contribution in [3.8, 4) is 11.1 Å². The highest BCUT2D eigenvalue weighted by atomic mass is 33.1. The summed E-state index contributed by atoms with van der Waals surface area (Å²) in [6.45, 7) is 0.0849. The fourth-order valence-electron chi connectivity index (χ4n) is 3.27. The average molecular weight is 463 g/mol. The molecule has 1 unspecified atom stereocenters. The van der Waals surface area contributed by atoms with E-state index in [4.69, 9.17) is 15.6 Å². The van der Waals surface area contributed by atoms with Crippen LogP contribution in [-0.2, 0) is 14.3 Å². The van der Waals surface area contributed by atoms with E-state index in [-0.39, 0.29) is 24.0 Å². The van der Waals surface area contributed by atoms with Crippen molar-refractivity contribution >= 4 is 39.6 Å². The zero-order chi connectivity index (χ0) is 22.4. The van der Waals surface area contributed by atoms with Gasteiger partial charge in [-0.3, -0.25) is 4.79 Å². The van der Waals surface area contributed by atoms with Gasteiger partial charge in [0.05, 0.1) is 0 Å². The number of hydrogen-bond donors (Lipinski definition) is 4. The van der Waals surface area contributed by atoms with Gasteiger partial charge in [0.25, 0.3) is 0 Å². The summed E-state index contributed by atoms with van der Waals surface area (Å²) in [6.07, 6.45) is -0.818. The van der Waals surface area contributed by atoms with Gasteiger partial charge in [-0.15, -0.1) is 0 Å². The van der Waals surface area contributed by atoms with Gasteiger partial charge in [0.1, 0.15) is 18.7 Å². The number of rotatable bonds is 10. The van der Waals surface area contributed by atoms with Crippen LogP contribution in [0, 0.1) is 0 Å². The highest BCUT2D eigenvalue weighted by Crippen LogP contribution is 2.44. The molecule has 0 bridgehead atoms. The molecular weight excluding hydrogens is 440 g/mol. The van der Waals surface area contributed by atoms with Crippen molar-refractivity contribution < 1.29 is 29.3 Å². The van der Waals surface area contributed by atoms with Gasteiger partial charge < -0.3 is 26.0 Å². The van der Waals surface area contributed by atoms with Crippen LogP contribution < -0.4 is 11.1 Å². The Kier molecular flexibility index (Phi) is 7.83. The highest BCUT2D eigenvalue weighted by molar-refractivity contribution is 8.76. The van der Waals surface area contributed by atoms with Gasteiger partial charge in [0, 0.05) is 17.4 Å². The van der Waals surface area contributed by atoms with Crippen LogP contribution >= 0.6 is 21.6 Å². The van der Waals surface area contributed by atoms with Crippen LogP contribution in [0.1, 0.15) is 17.0 Å². The van der Waals surface area contributed by atoms with E-state index < -0.39 is 30.1 Å². The minimum Gasteiger partial charge on any atom is -0.480 e. The minimum absolute atomic E-state index is 0.0382. The molecule has 0 aliphatic heterocycles. The number of nitrogens with two attached hydrogens (primary N) is 1. The van der Waals surface area contributed by atoms with Crippen LogP contribution in [0.3, 0.4) is 0 Å². The molecule has 1 aliphatic carbocycles. The number of alkyl carbamates (subject to hydrolysis) is 1. The number of benzene rings is 2. The Morgan fingerprint density at radius 3 is 2.03 bits per heavy atom. The van der Waals surface area contributed by atoms with Crippen molar-refractivity contribution in [1.29, 1.82) is 0 Å². The van der Waals surface area contributed by atoms with Crippen molar-refractivity contribution in [3.63, 3.8) is 0 Å². The van der Waals surface area contributed by atoms with Crippen LogP contribution in [0.15, 0.2) is 48.5 Å². The first-order valence-corrected chi connectivity index (χ1v) is 11.9. The number of carbonyl (C=O) groups excluding carboxylic acids is 1. The summed E-state index contributed by atoms with van der Waals surface area (Å²) in [4.78, 5) is 34.4. The van der Waals surface area contributed by atoms with Gasteiger partial charge in [-0.25, -0.2) is 9.59 Å². The topological polar surface area (TPSA) is 139 Å². The third kappa shape index (κ3) is 5.72. The lowest BCUT2D eigenvalue weighted by Gasteiger charge is -2.17. The molecule has 164 valence electrons. The number of aliphatic carboxylic acids is 2. The Balaban J connectivity index is 1.54. The second-order valence-corrected chi connectivity index (χ2v) is 9.43. The number of hydrogen-bond acceptors (Lipinski definition) is 7. The lowest BCUT2D eigenvalue weighted by atomic mass is 9.98. The summed E-state index contributed by atoms with van der Waals surface area (Å²) in [5.74, 6) is -2.29. The summed E-state index contributed by atoms with van der Waals surface area (Å²) < 4.78 is 5.37. The van der Waals surface area contributed by atoms with Gasteiger partial charge in [-0.1, -0.05) is 70.1 Å². The maximum atomic E-state index is 12.3. The van der Waals surface area contributed by atoms with E-state index in [1.54, 1.807) is 0 Å². The van der Waals surface area contributed by atoms with Gasteiger partial charge in [0.15, 0.2) is 0 Å². The monoisotopic (exact) mass is 462 g/mol. The van der Waals surface area contributed by atoms with Gasteiger partial charge in [0.2, 0.25) is 0 Å². The van der Waals surface area contributed by atoms with E-state index in [0.29, 0.717) is 0 Å². The first kappa shape index (κ1) is 23.0. The smallest absolute Gasteiger partial charge is 0.407 e. The zero-order valence-electron chi connectivity index (χ0n) is 16.4. The number of carboxylic acids is 2. The van der Waals surface area contributed by atoms with Crippen LogP contribution in [0.5, 0.6) is 0 Å². The van der Waals surface area contributed by atoms with Gasteiger partial charge >= 0.3 is 18.0 Å². The van der Waals surface area contributed by atoms with Crippen LogP contribution in [0.25, 0.3) is 11.1 Å². The largest absolute Gasteiger partial charge is 0.480 e. The molecule has 3 rings (SSSR count). The summed E-state index contributed by atoms with van der Waals surface area (Å²) in [5, 5.41) is 20.5. The quantitative estimate of drug-likeness (QED) is 0.310. The molecule has 0 saturated heterocycles. The van der Waals surface area contributed by atoms with E-state index in [0.717, 1.165) is 43.8 Å². The fourth-order valence-corrected chi connectivity index (χ4v) is 5.53. The highest BCUT2D eigenvalue weighted by Gasteiger charge is 2.29. The van der Waals surface area contributed by atoms with Crippen LogP contribution in [0.2, 0.25) is 0 Å². The molecule has 2 aromatic carbocycles. The van der Waals surface area contributed by atoms with Crippen molar-refractivity contribution in [2.75, 3.05) is 18.1 Å². The van der Waals surface area contributed by atoms with Gasteiger partial charge in [-0.05, 0) is 22.3 Å². The Hall–Kier alpha value is -2.69. The molecule has 1 amide bonds. The molecule has 2 aromatic rings. The molecule has 0 heterocycles. The number of amides is 1. The Labute approximate surface area is 186 Å². The molecule has 0 saturated carbocycles. The van der Waals surface area contributed by atoms with E-state index in [1.807, 2.05) is 48.5 Å². The molecule has 5 N–H and O–H groups in total. The fraction of sp³-hybridized carbons (Fsp3) is 0.286. The number of ether oxygens (including phenoxy) is 1. The second-order valence-electron chi connectivity index (χ2n) is 6.87. The lowest BCUT2D eigenvalue weighted by molar-refractivity contribution is -0.139. The number of nitrogens with one attached hydrogen (secondary N) is 1. The number of carboxylic acid groups (broad SMARTS) is 2. The predicted octanol–water partition coefficient (Wildman–Crippen LogP) is 2.77. The Bertz CT molecular complexity index is 925. The van der Waals surface area contributed by atoms with E-state index >= 15 is 0 Å². The van der Waals surface area contributed by atoms with E-state index in [9.17, 15) is 19.5 Å². The summed E-state index contributed by atoms with van der Waals surface area (Å²) in [7, 11) is 2.26. The van der Waals surface area contributed by atoms with E-state index in [2.05, 4.69) is 5.32 Å². The van der Waals surface area contributed by atoms with Crippen molar-refractivity contribution in [1.82, 2.24) is 5.32 Å². The maximum absolute atomic E-state index is 12.3. The third-order valence-electron chi connectivity index (χ3n) is 4.82. The molecular formula is C21H22N2O6S2. The van der Waals surface area contributed by atoms with E-state index in [1.165, 1.54) is 0 Å². The van der Waals surface area contributed by atoms with Crippen molar-refractivity contribution in [2.45, 2.75) is 18.0 Å². The molecule has 0 radical (unpaired) electrons. The summed E-state index contributed by atoms with van der Waals surface area (Å²) in [5.41, 5.74) is 9.73. The SMILES string of the molecule is NC(CSSC[C@H](NC(=O)OCC1c2ccccc2-c2ccccc21)C(=O)O)C(=O)O. The molecule has 0 fully saturated rings. The predicted molar refractivity (Wildman–Crippen MR) is 120 cm³/mol. The standard InChI is InChI=1S/C21H22N2O6S2/c22-17(19(24)25)10-30-31-11-18(20(26)27)23-21(28)29-9-16-14-7-3-1-5-12(14)13-6-2-4-8-15(13)16/h1-8,16-18H,9-11,22H2,(H,23,28)(H,24,25)(H,26,27)/t17?,18-/m0/s1. The molecule has 10 heteroatoms. The minimum atomic E-state index is -1.20. The third-order valence-corrected chi connectivity index (χ3v) is 7.26. The average Bonchev–Trinajstić information content (AvgIpc) is 3.07. The molecule has 8 nitrogen and oxygen atoms in total. The molecule has 0 aromatic heterocycles. The number of carbonyl (C=O) groups is 3. The van der Waals surface area contributed by atoms with Crippen LogP contribution in [-0.4, -0.2) is 58.4 Å². The maximum Gasteiger partial charge on any atom is 0.407 e. The molecule has 1 aliphatic rings. The van der Waals surface area contributed by atoms with Gasteiger partial charge in [-0.2, -0.15) is 0 Å². The normalized spacial score (nSPS) is 14.2. The second kappa shape index (κ2) is 10.6. The van der Waals surface area contributed by atoms with Crippen LogP contribution in [0.4, 0.5) is 4.79 Å². The molecule has 0 spiro atoms. The molecule has 2 atom stereocenters. The zero-order valence-corrected chi connectivity index (χ0v) is 18.0. The van der Waals surface area contributed by atoms with Crippen molar-refractivity contribution in [3.05, 3.63) is 59.7 Å².